The number of benzene rings is 1. The van der Waals surface area contributed by atoms with Crippen molar-refractivity contribution in [1.82, 2.24) is 0 Å². The molecule has 84 valence electrons. The van der Waals surface area contributed by atoms with E-state index < -0.39 is 5.92 Å². The van der Waals surface area contributed by atoms with Crippen molar-refractivity contribution in [3.05, 3.63) is 28.8 Å². The third-order valence-electron chi connectivity index (χ3n) is 2.32. The first-order chi connectivity index (χ1) is 7.63. The van der Waals surface area contributed by atoms with E-state index in [1.54, 1.807) is 19.1 Å². The average molecular weight is 238 g/mol. The molecule has 0 spiro atoms. The first kappa shape index (κ1) is 12.5. The van der Waals surface area contributed by atoms with Crippen LogP contribution in [0.4, 0.5) is 0 Å². The Hall–Kier alpha value is -1.53. The van der Waals surface area contributed by atoms with Gasteiger partial charge in [0.15, 0.2) is 5.78 Å². The normalized spacial score (nSPS) is 11.6. The molecule has 0 aliphatic carbocycles. The zero-order valence-corrected chi connectivity index (χ0v) is 9.91. The SMILES string of the molecule is CCC(C#N)C(=O)c1ccc(OC)c(Cl)c1. The molecule has 0 aliphatic rings. The second-order valence-electron chi connectivity index (χ2n) is 3.30. The minimum absolute atomic E-state index is 0.199. The Bertz CT molecular complexity index is 437. The van der Waals surface area contributed by atoms with Crippen molar-refractivity contribution < 1.29 is 9.53 Å². The maximum absolute atomic E-state index is 11.8. The fourth-order valence-corrected chi connectivity index (χ4v) is 1.61. The van der Waals surface area contributed by atoms with Gasteiger partial charge in [-0.3, -0.25) is 4.79 Å². The molecule has 0 aliphatic heterocycles. The minimum atomic E-state index is -0.607. The molecule has 0 bridgehead atoms. The number of rotatable bonds is 4. The summed E-state index contributed by atoms with van der Waals surface area (Å²) >= 11 is 5.90. The van der Waals surface area contributed by atoms with Crippen LogP contribution in [0.15, 0.2) is 18.2 Å². The van der Waals surface area contributed by atoms with Crippen molar-refractivity contribution in [3.63, 3.8) is 0 Å². The number of ether oxygens (including phenoxy) is 1. The molecule has 3 nitrogen and oxygen atoms in total. The largest absolute Gasteiger partial charge is 0.495 e. The number of methoxy groups -OCH3 is 1. The van der Waals surface area contributed by atoms with Gasteiger partial charge in [0.1, 0.15) is 11.7 Å². The Morgan fingerprint density at radius 2 is 2.31 bits per heavy atom. The second kappa shape index (κ2) is 5.53. The van der Waals surface area contributed by atoms with Crippen LogP contribution >= 0.6 is 11.6 Å². The van der Waals surface area contributed by atoms with Crippen LogP contribution in [0.1, 0.15) is 23.7 Å². The van der Waals surface area contributed by atoms with Crippen LogP contribution in [0.5, 0.6) is 5.75 Å². The van der Waals surface area contributed by atoms with Crippen LogP contribution < -0.4 is 4.74 Å². The highest BCUT2D eigenvalue weighted by atomic mass is 35.5. The fourth-order valence-electron chi connectivity index (χ4n) is 1.36. The Morgan fingerprint density at radius 3 is 2.75 bits per heavy atom. The summed E-state index contributed by atoms with van der Waals surface area (Å²) in [7, 11) is 1.51. The van der Waals surface area contributed by atoms with E-state index >= 15 is 0 Å². The van der Waals surface area contributed by atoms with Gasteiger partial charge in [0.05, 0.1) is 18.2 Å². The van der Waals surface area contributed by atoms with E-state index in [0.717, 1.165) is 0 Å². The average Bonchev–Trinajstić information content (AvgIpc) is 2.30. The summed E-state index contributed by atoms with van der Waals surface area (Å²) in [6.07, 6.45) is 0.499. The fraction of sp³-hybridized carbons (Fsp3) is 0.333. The maximum atomic E-state index is 11.8. The number of nitrogens with zero attached hydrogens (tertiary/aromatic N) is 1. The number of carbonyl (C=O) groups is 1. The number of nitriles is 1. The monoisotopic (exact) mass is 237 g/mol. The number of carbonyl (C=O) groups excluding carboxylic acids is 1. The van der Waals surface area contributed by atoms with Crippen LogP contribution in [0.3, 0.4) is 0 Å². The second-order valence-corrected chi connectivity index (χ2v) is 3.71. The summed E-state index contributed by atoms with van der Waals surface area (Å²) in [6, 6.07) is 6.75. The van der Waals surface area contributed by atoms with E-state index in [4.69, 9.17) is 21.6 Å². The predicted octanol–water partition coefficient (Wildman–Crippen LogP) is 3.08. The van der Waals surface area contributed by atoms with Gasteiger partial charge in [-0.15, -0.1) is 0 Å². The van der Waals surface area contributed by atoms with E-state index in [9.17, 15) is 4.79 Å². The molecule has 1 unspecified atom stereocenters. The molecular formula is C12H12ClNO2. The first-order valence-corrected chi connectivity index (χ1v) is 5.29. The van der Waals surface area contributed by atoms with Crippen LogP contribution in [-0.2, 0) is 0 Å². The third kappa shape index (κ3) is 2.53. The Morgan fingerprint density at radius 1 is 1.62 bits per heavy atom. The predicted molar refractivity (Wildman–Crippen MR) is 61.7 cm³/mol. The quantitative estimate of drug-likeness (QED) is 0.756. The standard InChI is InChI=1S/C12H12ClNO2/c1-3-8(7-14)12(15)9-4-5-11(16-2)10(13)6-9/h4-6,8H,3H2,1-2H3. The van der Waals surface area contributed by atoms with Gasteiger partial charge >= 0.3 is 0 Å². The number of hydrogen-bond acceptors (Lipinski definition) is 3. The van der Waals surface area contributed by atoms with Gasteiger partial charge in [0.2, 0.25) is 0 Å². The van der Waals surface area contributed by atoms with Gasteiger partial charge in [-0.2, -0.15) is 5.26 Å². The van der Waals surface area contributed by atoms with Crippen LogP contribution in [0.25, 0.3) is 0 Å². The van der Waals surface area contributed by atoms with Crippen LogP contribution in [0.2, 0.25) is 5.02 Å². The highest BCUT2D eigenvalue weighted by molar-refractivity contribution is 6.32. The molecule has 1 rings (SSSR count). The zero-order chi connectivity index (χ0) is 12.1. The van der Waals surface area contributed by atoms with Crippen molar-refractivity contribution in [3.8, 4) is 11.8 Å². The molecule has 1 atom stereocenters. The van der Waals surface area contributed by atoms with E-state index in [0.29, 0.717) is 22.8 Å². The van der Waals surface area contributed by atoms with Gasteiger partial charge in [-0.1, -0.05) is 18.5 Å². The van der Waals surface area contributed by atoms with Crippen molar-refractivity contribution in [2.24, 2.45) is 5.92 Å². The Kier molecular flexibility index (Phi) is 4.33. The molecule has 4 heteroatoms. The van der Waals surface area contributed by atoms with Crippen molar-refractivity contribution >= 4 is 17.4 Å². The molecule has 0 aromatic heterocycles. The molecule has 0 saturated heterocycles. The van der Waals surface area contributed by atoms with Crippen LogP contribution in [-0.4, -0.2) is 12.9 Å². The van der Waals surface area contributed by atoms with E-state index in [2.05, 4.69) is 0 Å². The summed E-state index contributed by atoms with van der Waals surface area (Å²) in [5.41, 5.74) is 0.444. The molecule has 1 aromatic rings. The summed E-state index contributed by atoms with van der Waals surface area (Å²) < 4.78 is 4.98. The molecule has 0 radical (unpaired) electrons. The van der Waals surface area contributed by atoms with Gasteiger partial charge in [0, 0.05) is 5.56 Å². The smallest absolute Gasteiger partial charge is 0.180 e. The van der Waals surface area contributed by atoms with Crippen molar-refractivity contribution in [1.29, 1.82) is 5.26 Å². The van der Waals surface area contributed by atoms with Gasteiger partial charge in [-0.25, -0.2) is 0 Å². The number of ketones is 1. The molecule has 0 amide bonds. The van der Waals surface area contributed by atoms with Crippen molar-refractivity contribution in [2.45, 2.75) is 13.3 Å². The molecule has 0 N–H and O–H groups in total. The summed E-state index contributed by atoms with van der Waals surface area (Å²) in [5, 5.41) is 9.18. The minimum Gasteiger partial charge on any atom is -0.495 e. The third-order valence-corrected chi connectivity index (χ3v) is 2.61. The number of Topliss-reactive ketones (excluding diaryl/α,β-unsaturated/α-hetero) is 1. The summed E-state index contributed by atoms with van der Waals surface area (Å²) in [6.45, 7) is 1.80. The summed E-state index contributed by atoms with van der Waals surface area (Å²) in [5.74, 6) is -0.290. The van der Waals surface area contributed by atoms with Gasteiger partial charge in [-0.05, 0) is 24.6 Å². The number of halogens is 1. The lowest BCUT2D eigenvalue weighted by Crippen LogP contribution is -2.11. The lowest BCUT2D eigenvalue weighted by Gasteiger charge is -2.07. The Labute approximate surface area is 99.6 Å². The maximum Gasteiger partial charge on any atom is 0.180 e. The molecular weight excluding hydrogens is 226 g/mol. The lowest BCUT2D eigenvalue weighted by molar-refractivity contribution is 0.0946. The number of hydrogen-bond donors (Lipinski definition) is 0. The Balaban J connectivity index is 3.02. The highest BCUT2D eigenvalue weighted by Gasteiger charge is 2.18. The van der Waals surface area contributed by atoms with E-state index in [-0.39, 0.29) is 5.78 Å². The van der Waals surface area contributed by atoms with Gasteiger partial charge in [0.25, 0.3) is 0 Å². The van der Waals surface area contributed by atoms with Crippen molar-refractivity contribution in [2.75, 3.05) is 7.11 Å². The zero-order valence-electron chi connectivity index (χ0n) is 9.16. The molecule has 16 heavy (non-hydrogen) atoms. The van der Waals surface area contributed by atoms with Crippen LogP contribution in [0, 0.1) is 17.2 Å². The van der Waals surface area contributed by atoms with E-state index in [1.165, 1.54) is 13.2 Å². The summed E-state index contributed by atoms with van der Waals surface area (Å²) in [4.78, 5) is 11.8. The highest BCUT2D eigenvalue weighted by Crippen LogP contribution is 2.26. The lowest BCUT2D eigenvalue weighted by atomic mass is 9.97. The first-order valence-electron chi connectivity index (χ1n) is 4.91. The molecule has 1 aromatic carbocycles. The molecule has 0 saturated carbocycles. The topological polar surface area (TPSA) is 50.1 Å². The molecule has 0 heterocycles. The molecule has 0 fully saturated rings. The van der Waals surface area contributed by atoms with Gasteiger partial charge < -0.3 is 4.74 Å². The van der Waals surface area contributed by atoms with E-state index in [1.807, 2.05) is 6.07 Å².